The van der Waals surface area contributed by atoms with Crippen LogP contribution in [0.2, 0.25) is 0 Å². The van der Waals surface area contributed by atoms with Crippen LogP contribution in [0, 0.1) is 5.21 Å². The molecule has 8 heavy (non-hydrogen) atoms. The van der Waals surface area contributed by atoms with Crippen LogP contribution in [0.15, 0.2) is 12.7 Å². The Morgan fingerprint density at radius 2 is 2.25 bits per heavy atom. The summed E-state index contributed by atoms with van der Waals surface area (Å²) >= 11 is 0. The highest BCUT2D eigenvalue weighted by Crippen LogP contribution is 1.92. The first kappa shape index (κ1) is 7.66. The number of unbranched alkanes of at least 4 members (excludes halogenated alkanes) is 2. The first-order chi connectivity index (χ1) is 3.91. The molecule has 0 unspecified atom stereocenters. The molecular weight excluding hydrogens is 102 g/mol. The number of nitrogens with one attached hydrogen (secondary N) is 1. The van der Waals surface area contributed by atoms with Crippen molar-refractivity contribution in [3.63, 3.8) is 0 Å². The lowest BCUT2D eigenvalue weighted by molar-refractivity contribution is 0.706. The highest BCUT2D eigenvalue weighted by Gasteiger charge is 1.78. The predicted octanol–water partition coefficient (Wildman–Crippen LogP) is 1.43. The quantitative estimate of drug-likeness (QED) is 0.333. The molecule has 0 radical (unpaired) electrons. The minimum atomic E-state index is 0.577. The van der Waals surface area contributed by atoms with Gasteiger partial charge in [-0.3, -0.25) is 0 Å². The Morgan fingerprint density at radius 3 is 2.75 bits per heavy atom. The van der Waals surface area contributed by atoms with E-state index in [4.69, 9.17) is 0 Å². The molecule has 0 heterocycles. The summed E-state index contributed by atoms with van der Waals surface area (Å²) in [6.07, 6.45) is 4.90. The Kier molecular flexibility index (Phi) is 6.38. The highest BCUT2D eigenvalue weighted by molar-refractivity contribution is 4.65. The Morgan fingerprint density at radius 1 is 1.50 bits per heavy atom. The van der Waals surface area contributed by atoms with Gasteiger partial charge in [-0.25, -0.2) is 0 Å². The first-order valence-corrected chi connectivity index (χ1v) is 2.87. The zero-order valence-corrected chi connectivity index (χ0v) is 5.02. The van der Waals surface area contributed by atoms with E-state index in [1.165, 1.54) is 0 Å². The molecule has 2 nitrogen and oxygen atoms in total. The maximum absolute atomic E-state index is 9.62. The first-order valence-electron chi connectivity index (χ1n) is 2.87. The van der Waals surface area contributed by atoms with Crippen LogP contribution in [0.3, 0.4) is 0 Å². The normalized spacial score (nSPS) is 9.12. The van der Waals surface area contributed by atoms with E-state index in [0.717, 1.165) is 19.3 Å². The summed E-state index contributed by atoms with van der Waals surface area (Å²) in [5, 5.41) is 9.62. The third kappa shape index (κ3) is 5.66. The fraction of sp³-hybridized carbons (Fsp3) is 0.667. The largest absolute Gasteiger partial charge is 0.788 e. The molecule has 0 aromatic carbocycles. The molecule has 0 fully saturated rings. The second-order valence-electron chi connectivity index (χ2n) is 1.68. The lowest BCUT2D eigenvalue weighted by Gasteiger charge is -2.04. The molecule has 0 aliphatic carbocycles. The Balaban J connectivity index is 2.62. The molecule has 0 aromatic heterocycles. The van der Waals surface area contributed by atoms with Gasteiger partial charge in [0.2, 0.25) is 0 Å². The number of hydroxylamine groups is 1. The monoisotopic (exact) mass is 114 g/mol. The van der Waals surface area contributed by atoms with Gasteiger partial charge in [0.1, 0.15) is 0 Å². The summed E-state index contributed by atoms with van der Waals surface area (Å²) in [5.41, 5.74) is 1.84. The topological polar surface area (TPSA) is 35.1 Å². The molecule has 0 aromatic rings. The van der Waals surface area contributed by atoms with Gasteiger partial charge in [0.25, 0.3) is 0 Å². The summed E-state index contributed by atoms with van der Waals surface area (Å²) in [6, 6.07) is 0. The van der Waals surface area contributed by atoms with Crippen molar-refractivity contribution in [3.05, 3.63) is 17.9 Å². The van der Waals surface area contributed by atoms with E-state index in [-0.39, 0.29) is 0 Å². The van der Waals surface area contributed by atoms with Gasteiger partial charge >= 0.3 is 0 Å². The van der Waals surface area contributed by atoms with Gasteiger partial charge in [-0.05, 0) is 25.8 Å². The third-order valence-corrected chi connectivity index (χ3v) is 0.937. The van der Waals surface area contributed by atoms with Gasteiger partial charge in [0, 0.05) is 0 Å². The molecule has 0 atom stereocenters. The molecule has 0 aliphatic rings. The second kappa shape index (κ2) is 6.66. The van der Waals surface area contributed by atoms with Crippen molar-refractivity contribution in [3.8, 4) is 0 Å². The van der Waals surface area contributed by atoms with Crippen LogP contribution in [0.1, 0.15) is 19.3 Å². The fourth-order valence-electron chi connectivity index (χ4n) is 0.486. The number of allylic oxidation sites excluding steroid dienone is 1. The predicted molar refractivity (Wildman–Crippen MR) is 35.4 cm³/mol. The number of rotatable bonds is 5. The average Bonchev–Trinajstić information content (AvgIpc) is 1.81. The lowest BCUT2D eigenvalue weighted by Crippen LogP contribution is -2.04. The molecule has 48 valence electrons. The van der Waals surface area contributed by atoms with E-state index in [2.05, 4.69) is 6.58 Å². The van der Waals surface area contributed by atoms with Crippen molar-refractivity contribution in [2.75, 3.05) is 6.54 Å². The minimum absolute atomic E-state index is 0.577. The van der Waals surface area contributed by atoms with Gasteiger partial charge in [0.05, 0.1) is 0 Å². The molecule has 0 aliphatic heterocycles. The van der Waals surface area contributed by atoms with E-state index in [1.807, 2.05) is 11.6 Å². The molecule has 1 N–H and O–H groups in total. The van der Waals surface area contributed by atoms with Crippen molar-refractivity contribution in [1.82, 2.24) is 5.48 Å². The van der Waals surface area contributed by atoms with Crippen molar-refractivity contribution in [2.24, 2.45) is 0 Å². The molecule has 0 saturated heterocycles. The van der Waals surface area contributed by atoms with Crippen molar-refractivity contribution < 1.29 is 0 Å². The smallest absolute Gasteiger partial charge is 0.0169 e. The van der Waals surface area contributed by atoms with Gasteiger partial charge in [-0.1, -0.05) is 6.08 Å². The summed E-state index contributed by atoms with van der Waals surface area (Å²) < 4.78 is 0. The van der Waals surface area contributed by atoms with Crippen LogP contribution in [-0.2, 0) is 0 Å². The standard InChI is InChI=1S/C6H12NO/c1-2-3-4-5-6-7-8/h2,7H,1,3-6H2/q-1. The number of hydrogen-bond donors (Lipinski definition) is 1. The van der Waals surface area contributed by atoms with E-state index in [9.17, 15) is 5.21 Å². The van der Waals surface area contributed by atoms with Crippen molar-refractivity contribution in [1.29, 1.82) is 0 Å². The van der Waals surface area contributed by atoms with Crippen LogP contribution in [0.25, 0.3) is 0 Å². The minimum Gasteiger partial charge on any atom is -0.788 e. The van der Waals surface area contributed by atoms with E-state index < -0.39 is 0 Å². The number of hydrogen-bond acceptors (Lipinski definition) is 2. The summed E-state index contributed by atoms with van der Waals surface area (Å²) in [4.78, 5) is 0. The van der Waals surface area contributed by atoms with Crippen LogP contribution in [0.5, 0.6) is 0 Å². The van der Waals surface area contributed by atoms with Gasteiger partial charge < -0.3 is 10.7 Å². The van der Waals surface area contributed by atoms with Gasteiger partial charge in [-0.15, -0.1) is 6.58 Å². The Labute approximate surface area is 50.2 Å². The second-order valence-corrected chi connectivity index (χ2v) is 1.68. The third-order valence-electron chi connectivity index (χ3n) is 0.937. The zero-order valence-electron chi connectivity index (χ0n) is 5.02. The summed E-state index contributed by atoms with van der Waals surface area (Å²) in [6.45, 7) is 4.14. The van der Waals surface area contributed by atoms with Crippen LogP contribution < -0.4 is 5.48 Å². The molecular formula is C6H12NO-. The zero-order chi connectivity index (χ0) is 6.24. The van der Waals surface area contributed by atoms with Crippen molar-refractivity contribution in [2.45, 2.75) is 19.3 Å². The van der Waals surface area contributed by atoms with E-state index in [0.29, 0.717) is 6.54 Å². The average molecular weight is 114 g/mol. The summed E-state index contributed by atoms with van der Waals surface area (Å²) in [7, 11) is 0. The SMILES string of the molecule is C=CCCCCN[O-]. The molecule has 0 saturated carbocycles. The Bertz CT molecular complexity index is 54.5. The van der Waals surface area contributed by atoms with E-state index in [1.54, 1.807) is 0 Å². The lowest BCUT2D eigenvalue weighted by atomic mass is 10.2. The molecule has 0 bridgehead atoms. The molecule has 0 spiro atoms. The Hall–Kier alpha value is -0.340. The van der Waals surface area contributed by atoms with Crippen LogP contribution in [-0.4, -0.2) is 6.54 Å². The van der Waals surface area contributed by atoms with Gasteiger partial charge in [0.15, 0.2) is 0 Å². The molecule has 2 heteroatoms. The highest BCUT2D eigenvalue weighted by atomic mass is 16.5. The maximum atomic E-state index is 9.62. The van der Waals surface area contributed by atoms with E-state index >= 15 is 0 Å². The fourth-order valence-corrected chi connectivity index (χ4v) is 0.486. The molecule has 0 amide bonds. The van der Waals surface area contributed by atoms with Gasteiger partial charge in [-0.2, -0.15) is 0 Å². The van der Waals surface area contributed by atoms with Crippen molar-refractivity contribution >= 4 is 0 Å². The molecule has 0 rings (SSSR count). The van der Waals surface area contributed by atoms with Crippen LogP contribution >= 0.6 is 0 Å². The maximum Gasteiger partial charge on any atom is -0.0169 e. The van der Waals surface area contributed by atoms with Crippen LogP contribution in [0.4, 0.5) is 0 Å². The summed E-state index contributed by atoms with van der Waals surface area (Å²) in [5.74, 6) is 0.